The lowest BCUT2D eigenvalue weighted by Crippen LogP contribution is -2.11. The summed E-state index contributed by atoms with van der Waals surface area (Å²) >= 11 is 1.57. The van der Waals surface area contributed by atoms with E-state index < -0.39 is 0 Å². The van der Waals surface area contributed by atoms with Crippen LogP contribution in [0.1, 0.15) is 13.8 Å². The second-order valence-corrected chi connectivity index (χ2v) is 4.76. The van der Waals surface area contributed by atoms with Crippen molar-refractivity contribution in [1.82, 2.24) is 9.97 Å². The Morgan fingerprint density at radius 3 is 3.00 bits per heavy atom. The molecule has 0 aliphatic heterocycles. The van der Waals surface area contributed by atoms with Gasteiger partial charge in [0.05, 0.1) is 10.2 Å². The quantitative estimate of drug-likeness (QED) is 0.836. The topological polar surface area (TPSA) is 63.8 Å². The van der Waals surface area contributed by atoms with Gasteiger partial charge in [0.15, 0.2) is 0 Å². The van der Waals surface area contributed by atoms with Crippen LogP contribution in [-0.2, 0) is 0 Å². The van der Waals surface area contributed by atoms with Crippen molar-refractivity contribution in [3.05, 3.63) is 11.4 Å². The minimum Gasteiger partial charge on any atom is -0.382 e. The van der Waals surface area contributed by atoms with Gasteiger partial charge >= 0.3 is 0 Å². The lowest BCUT2D eigenvalue weighted by Gasteiger charge is -2.07. The molecule has 80 valence electrons. The zero-order valence-electron chi connectivity index (χ0n) is 8.82. The largest absolute Gasteiger partial charge is 0.382 e. The van der Waals surface area contributed by atoms with Gasteiger partial charge in [-0.3, -0.25) is 0 Å². The number of anilines is 2. The average Bonchev–Trinajstić information content (AvgIpc) is 2.63. The fourth-order valence-corrected chi connectivity index (χ4v) is 1.99. The molecule has 0 fully saturated rings. The van der Waals surface area contributed by atoms with Crippen LogP contribution in [0.2, 0.25) is 0 Å². The van der Waals surface area contributed by atoms with Gasteiger partial charge in [-0.05, 0) is 17.4 Å². The van der Waals surface area contributed by atoms with Gasteiger partial charge in [-0.2, -0.15) is 4.98 Å². The monoisotopic (exact) mass is 222 g/mol. The number of nitrogens with one attached hydrogen (secondary N) is 1. The van der Waals surface area contributed by atoms with E-state index in [1.807, 2.05) is 11.4 Å². The third kappa shape index (κ3) is 2.18. The van der Waals surface area contributed by atoms with Crippen molar-refractivity contribution in [2.75, 3.05) is 17.6 Å². The predicted molar refractivity (Wildman–Crippen MR) is 65.2 cm³/mol. The minimum atomic E-state index is 0.557. The van der Waals surface area contributed by atoms with Gasteiger partial charge in [-0.15, -0.1) is 11.3 Å². The Balaban J connectivity index is 2.28. The molecule has 0 saturated heterocycles. The molecule has 0 aliphatic carbocycles. The molecule has 4 nitrogen and oxygen atoms in total. The first-order chi connectivity index (χ1) is 7.16. The maximum atomic E-state index is 5.83. The molecule has 0 bridgehead atoms. The third-order valence-corrected chi connectivity index (χ3v) is 2.92. The second-order valence-electron chi connectivity index (χ2n) is 3.84. The Bertz CT molecular complexity index is 463. The van der Waals surface area contributed by atoms with Gasteiger partial charge in [0.1, 0.15) is 5.82 Å². The van der Waals surface area contributed by atoms with E-state index in [1.54, 1.807) is 11.3 Å². The fraction of sp³-hybridized carbons (Fsp3) is 0.400. The molecular formula is C10H14N4S. The predicted octanol–water partition coefficient (Wildman–Crippen LogP) is 2.34. The van der Waals surface area contributed by atoms with Crippen LogP contribution >= 0.6 is 11.3 Å². The number of nitrogens with two attached hydrogens (primary N) is 1. The Hall–Kier alpha value is -1.36. The van der Waals surface area contributed by atoms with Crippen molar-refractivity contribution >= 4 is 33.3 Å². The Morgan fingerprint density at radius 1 is 1.47 bits per heavy atom. The first-order valence-electron chi connectivity index (χ1n) is 4.91. The number of rotatable bonds is 3. The zero-order valence-corrected chi connectivity index (χ0v) is 9.64. The number of nitrogen functional groups attached to an aromatic ring is 1. The highest BCUT2D eigenvalue weighted by atomic mass is 32.1. The minimum absolute atomic E-state index is 0.557. The van der Waals surface area contributed by atoms with Gasteiger partial charge in [0.2, 0.25) is 5.95 Å². The summed E-state index contributed by atoms with van der Waals surface area (Å²) in [6, 6.07) is 1.96. The van der Waals surface area contributed by atoms with Crippen molar-refractivity contribution in [2.24, 2.45) is 5.92 Å². The number of fused-ring (bicyclic) bond motifs is 1. The maximum Gasteiger partial charge on any atom is 0.225 e. The van der Waals surface area contributed by atoms with Crippen LogP contribution < -0.4 is 11.1 Å². The molecular weight excluding hydrogens is 208 g/mol. The van der Waals surface area contributed by atoms with Crippen LogP contribution in [0.5, 0.6) is 0 Å². The van der Waals surface area contributed by atoms with Gasteiger partial charge in [-0.1, -0.05) is 13.8 Å². The molecule has 2 rings (SSSR count). The highest BCUT2D eigenvalue weighted by Crippen LogP contribution is 2.24. The normalized spacial score (nSPS) is 11.1. The molecule has 15 heavy (non-hydrogen) atoms. The van der Waals surface area contributed by atoms with E-state index in [-0.39, 0.29) is 0 Å². The standard InChI is InChI=1S/C10H14N4S/c1-6(2)5-12-10-13-7-3-4-15-8(7)9(11)14-10/h3-4,6H,5H2,1-2H3,(H3,11,12,13,14). The molecule has 3 N–H and O–H groups in total. The van der Waals surface area contributed by atoms with Crippen molar-refractivity contribution in [2.45, 2.75) is 13.8 Å². The van der Waals surface area contributed by atoms with Crippen molar-refractivity contribution in [3.8, 4) is 0 Å². The van der Waals surface area contributed by atoms with Crippen LogP contribution in [0, 0.1) is 5.92 Å². The number of thiophene rings is 1. The molecule has 0 aromatic carbocycles. The summed E-state index contributed by atoms with van der Waals surface area (Å²) in [6.45, 7) is 5.13. The summed E-state index contributed by atoms with van der Waals surface area (Å²) in [5.41, 5.74) is 6.74. The van der Waals surface area contributed by atoms with E-state index in [0.717, 1.165) is 16.8 Å². The second kappa shape index (κ2) is 4.02. The van der Waals surface area contributed by atoms with Gasteiger partial charge in [0, 0.05) is 6.54 Å². The van der Waals surface area contributed by atoms with Crippen molar-refractivity contribution in [3.63, 3.8) is 0 Å². The SMILES string of the molecule is CC(C)CNc1nc(N)c2sccc2n1. The Morgan fingerprint density at radius 2 is 2.27 bits per heavy atom. The van der Waals surface area contributed by atoms with E-state index >= 15 is 0 Å². The molecule has 2 aromatic heterocycles. The van der Waals surface area contributed by atoms with Crippen LogP contribution in [-0.4, -0.2) is 16.5 Å². The van der Waals surface area contributed by atoms with Crippen LogP contribution in [0.3, 0.4) is 0 Å². The molecule has 0 aliphatic rings. The lowest BCUT2D eigenvalue weighted by atomic mass is 10.2. The Kier molecular flexibility index (Phi) is 2.73. The highest BCUT2D eigenvalue weighted by Gasteiger charge is 2.05. The fourth-order valence-electron chi connectivity index (χ4n) is 1.26. The first-order valence-corrected chi connectivity index (χ1v) is 5.79. The number of hydrogen-bond donors (Lipinski definition) is 2. The molecule has 0 atom stereocenters. The first kappa shape index (κ1) is 10.2. The summed E-state index contributed by atoms with van der Waals surface area (Å²) in [5.74, 6) is 1.74. The molecule has 0 amide bonds. The van der Waals surface area contributed by atoms with E-state index in [1.165, 1.54) is 0 Å². The van der Waals surface area contributed by atoms with Crippen LogP contribution in [0.25, 0.3) is 10.2 Å². The summed E-state index contributed by atoms with van der Waals surface area (Å²) in [5, 5.41) is 5.14. The maximum absolute atomic E-state index is 5.83. The summed E-state index contributed by atoms with van der Waals surface area (Å²) in [4.78, 5) is 8.59. The lowest BCUT2D eigenvalue weighted by molar-refractivity contribution is 0.685. The van der Waals surface area contributed by atoms with Gasteiger partial charge < -0.3 is 11.1 Å². The highest BCUT2D eigenvalue weighted by molar-refractivity contribution is 7.17. The molecule has 2 heterocycles. The molecule has 0 saturated carbocycles. The molecule has 2 aromatic rings. The van der Waals surface area contributed by atoms with E-state index in [4.69, 9.17) is 5.73 Å². The number of nitrogens with zero attached hydrogens (tertiary/aromatic N) is 2. The van der Waals surface area contributed by atoms with Gasteiger partial charge in [0.25, 0.3) is 0 Å². The summed E-state index contributed by atoms with van der Waals surface area (Å²) in [6.07, 6.45) is 0. The van der Waals surface area contributed by atoms with Crippen molar-refractivity contribution < 1.29 is 0 Å². The smallest absolute Gasteiger partial charge is 0.225 e. The van der Waals surface area contributed by atoms with Crippen LogP contribution in [0.15, 0.2) is 11.4 Å². The van der Waals surface area contributed by atoms with Gasteiger partial charge in [-0.25, -0.2) is 4.98 Å². The van der Waals surface area contributed by atoms with E-state index in [0.29, 0.717) is 17.7 Å². The molecule has 0 spiro atoms. The number of hydrogen-bond acceptors (Lipinski definition) is 5. The summed E-state index contributed by atoms with van der Waals surface area (Å²) < 4.78 is 0.963. The molecule has 0 unspecified atom stereocenters. The van der Waals surface area contributed by atoms with E-state index in [2.05, 4.69) is 29.1 Å². The van der Waals surface area contributed by atoms with Crippen molar-refractivity contribution in [1.29, 1.82) is 0 Å². The van der Waals surface area contributed by atoms with Crippen LogP contribution in [0.4, 0.5) is 11.8 Å². The van der Waals surface area contributed by atoms with E-state index in [9.17, 15) is 0 Å². The Labute approximate surface area is 92.5 Å². The number of aromatic nitrogens is 2. The summed E-state index contributed by atoms with van der Waals surface area (Å²) in [7, 11) is 0. The molecule has 0 radical (unpaired) electrons. The zero-order chi connectivity index (χ0) is 10.8. The third-order valence-electron chi connectivity index (χ3n) is 2.00. The molecule has 5 heteroatoms. The average molecular weight is 222 g/mol.